The van der Waals surface area contributed by atoms with Gasteiger partial charge in [0, 0.05) is 20.1 Å². The molecule has 0 aliphatic carbocycles. The molecule has 132 valence electrons. The summed E-state index contributed by atoms with van der Waals surface area (Å²) in [5.41, 5.74) is 1.36. The van der Waals surface area contributed by atoms with E-state index in [1.807, 2.05) is 7.05 Å². The van der Waals surface area contributed by atoms with Gasteiger partial charge in [0.05, 0.1) is 18.2 Å². The van der Waals surface area contributed by atoms with Crippen LogP contribution in [0.15, 0.2) is 35.3 Å². The molecule has 3 atom stereocenters. The molecule has 0 amide bonds. The molecular formula is C19H30N4O. The Kier molecular flexibility index (Phi) is 6.10. The maximum absolute atomic E-state index is 5.89. The van der Waals surface area contributed by atoms with Crippen LogP contribution in [-0.2, 0) is 11.3 Å². The van der Waals surface area contributed by atoms with Gasteiger partial charge in [0.15, 0.2) is 5.96 Å². The molecule has 2 fully saturated rings. The van der Waals surface area contributed by atoms with E-state index in [2.05, 4.69) is 57.9 Å². The summed E-state index contributed by atoms with van der Waals surface area (Å²) in [6, 6.07) is 11.0. The van der Waals surface area contributed by atoms with Crippen molar-refractivity contribution in [2.24, 2.45) is 4.99 Å². The largest absolute Gasteiger partial charge is 0.373 e. The van der Waals surface area contributed by atoms with Gasteiger partial charge in [0.2, 0.25) is 0 Å². The Balaban J connectivity index is 1.31. The quantitative estimate of drug-likeness (QED) is 0.456. The average molecular weight is 330 g/mol. The first-order valence-corrected chi connectivity index (χ1v) is 9.09. The average Bonchev–Trinajstić information content (AvgIpc) is 3.21. The number of nitrogens with zero attached hydrogens (tertiary/aromatic N) is 2. The number of hydrogen-bond acceptors (Lipinski definition) is 3. The molecule has 2 aliphatic heterocycles. The van der Waals surface area contributed by atoms with Gasteiger partial charge in [-0.15, -0.1) is 0 Å². The summed E-state index contributed by atoms with van der Waals surface area (Å²) in [6.07, 6.45) is 5.47. The zero-order chi connectivity index (χ0) is 16.8. The molecule has 2 N–H and O–H groups in total. The first kappa shape index (κ1) is 17.2. The second-order valence-electron chi connectivity index (χ2n) is 6.94. The van der Waals surface area contributed by atoms with Crippen molar-refractivity contribution < 1.29 is 4.74 Å². The first-order valence-electron chi connectivity index (χ1n) is 9.09. The summed E-state index contributed by atoms with van der Waals surface area (Å²) >= 11 is 0. The highest BCUT2D eigenvalue weighted by Gasteiger charge is 2.41. The van der Waals surface area contributed by atoms with Crippen LogP contribution in [-0.4, -0.2) is 56.3 Å². The van der Waals surface area contributed by atoms with Gasteiger partial charge in [-0.25, -0.2) is 0 Å². The van der Waals surface area contributed by atoms with Crippen molar-refractivity contribution in [3.63, 3.8) is 0 Å². The van der Waals surface area contributed by atoms with E-state index in [4.69, 9.17) is 4.74 Å². The molecule has 0 aromatic heterocycles. The van der Waals surface area contributed by atoms with Crippen molar-refractivity contribution in [2.45, 2.75) is 50.5 Å². The Morgan fingerprint density at radius 1 is 1.29 bits per heavy atom. The number of aliphatic imine (C=N–C) groups is 1. The number of benzene rings is 1. The molecule has 2 bridgehead atoms. The molecule has 2 aliphatic rings. The second-order valence-corrected chi connectivity index (χ2v) is 6.94. The Hall–Kier alpha value is -1.59. The molecule has 0 spiro atoms. The number of fused-ring (bicyclic) bond motifs is 2. The lowest BCUT2D eigenvalue weighted by atomic mass is 9.96. The highest BCUT2D eigenvalue weighted by Crippen LogP contribution is 2.34. The van der Waals surface area contributed by atoms with Gasteiger partial charge in [-0.1, -0.05) is 30.3 Å². The third-order valence-corrected chi connectivity index (χ3v) is 4.96. The van der Waals surface area contributed by atoms with Gasteiger partial charge in [-0.05, 0) is 44.8 Å². The zero-order valence-corrected chi connectivity index (χ0v) is 14.9. The van der Waals surface area contributed by atoms with Crippen molar-refractivity contribution >= 4 is 5.96 Å². The smallest absolute Gasteiger partial charge is 0.191 e. The van der Waals surface area contributed by atoms with Crippen LogP contribution in [0.25, 0.3) is 0 Å². The number of ether oxygens (including phenoxy) is 1. The summed E-state index contributed by atoms with van der Waals surface area (Å²) in [7, 11) is 4.01. The standard InChI is InChI=1S/C19H30N4O/c1-20-19(22-17-13-16-9-10-18(17)24-16)21-11-6-12-23(2)14-15-7-4-3-5-8-15/h3-5,7-8,16-18H,6,9-14H2,1-2H3,(H2,20,21,22). The maximum atomic E-state index is 5.89. The van der Waals surface area contributed by atoms with Crippen molar-refractivity contribution in [2.75, 3.05) is 27.2 Å². The Morgan fingerprint density at radius 2 is 2.12 bits per heavy atom. The fourth-order valence-electron chi connectivity index (χ4n) is 3.69. The second kappa shape index (κ2) is 8.49. The Morgan fingerprint density at radius 3 is 2.79 bits per heavy atom. The van der Waals surface area contributed by atoms with E-state index in [0.29, 0.717) is 18.2 Å². The lowest BCUT2D eigenvalue weighted by Gasteiger charge is -2.23. The van der Waals surface area contributed by atoms with Crippen LogP contribution in [0.2, 0.25) is 0 Å². The van der Waals surface area contributed by atoms with Gasteiger partial charge in [0.1, 0.15) is 0 Å². The van der Waals surface area contributed by atoms with Crippen molar-refractivity contribution in [3.05, 3.63) is 35.9 Å². The normalized spacial score (nSPS) is 26.1. The van der Waals surface area contributed by atoms with Crippen LogP contribution in [0.1, 0.15) is 31.2 Å². The third-order valence-electron chi connectivity index (χ3n) is 4.96. The SMILES string of the molecule is CN=C(NCCCN(C)Cc1ccccc1)NC1CC2CCC1O2. The van der Waals surface area contributed by atoms with E-state index >= 15 is 0 Å². The molecular weight excluding hydrogens is 300 g/mol. The van der Waals surface area contributed by atoms with Crippen LogP contribution in [0, 0.1) is 0 Å². The van der Waals surface area contributed by atoms with E-state index in [0.717, 1.165) is 38.4 Å². The molecule has 24 heavy (non-hydrogen) atoms. The van der Waals surface area contributed by atoms with Crippen LogP contribution in [0.3, 0.4) is 0 Å². The summed E-state index contributed by atoms with van der Waals surface area (Å²) in [6.45, 7) is 2.99. The monoisotopic (exact) mass is 330 g/mol. The number of rotatable bonds is 7. The van der Waals surface area contributed by atoms with Gasteiger partial charge in [-0.3, -0.25) is 4.99 Å². The summed E-state index contributed by atoms with van der Waals surface area (Å²) in [5.74, 6) is 0.905. The summed E-state index contributed by atoms with van der Waals surface area (Å²) in [4.78, 5) is 6.70. The maximum Gasteiger partial charge on any atom is 0.191 e. The number of guanidine groups is 1. The van der Waals surface area contributed by atoms with Crippen LogP contribution in [0.4, 0.5) is 0 Å². The minimum absolute atomic E-state index is 0.380. The Bertz CT molecular complexity index is 533. The van der Waals surface area contributed by atoms with Gasteiger partial charge >= 0.3 is 0 Å². The highest BCUT2D eigenvalue weighted by atomic mass is 16.5. The molecule has 0 radical (unpaired) electrons. The number of hydrogen-bond donors (Lipinski definition) is 2. The highest BCUT2D eigenvalue weighted by molar-refractivity contribution is 5.80. The van der Waals surface area contributed by atoms with E-state index in [9.17, 15) is 0 Å². The van der Waals surface area contributed by atoms with Crippen molar-refractivity contribution in [3.8, 4) is 0 Å². The van der Waals surface area contributed by atoms with E-state index in [-0.39, 0.29) is 0 Å². The molecule has 3 unspecified atom stereocenters. The molecule has 2 heterocycles. The Labute approximate surface area is 145 Å². The number of nitrogens with one attached hydrogen (secondary N) is 2. The molecule has 1 aromatic carbocycles. The first-order chi connectivity index (χ1) is 11.7. The summed E-state index contributed by atoms with van der Waals surface area (Å²) < 4.78 is 5.89. The third kappa shape index (κ3) is 4.71. The van der Waals surface area contributed by atoms with E-state index in [1.165, 1.54) is 18.4 Å². The van der Waals surface area contributed by atoms with Gasteiger partial charge < -0.3 is 20.3 Å². The van der Waals surface area contributed by atoms with E-state index < -0.39 is 0 Å². The molecule has 5 nitrogen and oxygen atoms in total. The molecule has 1 aromatic rings. The van der Waals surface area contributed by atoms with Crippen molar-refractivity contribution in [1.29, 1.82) is 0 Å². The fourth-order valence-corrected chi connectivity index (χ4v) is 3.69. The van der Waals surface area contributed by atoms with E-state index in [1.54, 1.807) is 0 Å². The predicted octanol–water partition coefficient (Wildman–Crippen LogP) is 1.99. The lowest BCUT2D eigenvalue weighted by Crippen LogP contribution is -2.47. The fraction of sp³-hybridized carbons (Fsp3) is 0.632. The predicted molar refractivity (Wildman–Crippen MR) is 98.2 cm³/mol. The zero-order valence-electron chi connectivity index (χ0n) is 14.9. The molecule has 2 saturated heterocycles. The minimum Gasteiger partial charge on any atom is -0.373 e. The molecule has 3 rings (SSSR count). The topological polar surface area (TPSA) is 48.9 Å². The minimum atomic E-state index is 0.380. The van der Waals surface area contributed by atoms with Gasteiger partial charge in [-0.2, -0.15) is 0 Å². The van der Waals surface area contributed by atoms with Crippen LogP contribution in [0.5, 0.6) is 0 Å². The van der Waals surface area contributed by atoms with Gasteiger partial charge in [0.25, 0.3) is 0 Å². The lowest BCUT2D eigenvalue weighted by molar-refractivity contribution is 0.0992. The molecule has 5 heteroatoms. The summed E-state index contributed by atoms with van der Waals surface area (Å²) in [5, 5.41) is 6.96. The van der Waals surface area contributed by atoms with Crippen LogP contribution >= 0.6 is 0 Å². The van der Waals surface area contributed by atoms with Crippen molar-refractivity contribution in [1.82, 2.24) is 15.5 Å². The van der Waals surface area contributed by atoms with Crippen LogP contribution < -0.4 is 10.6 Å². The molecule has 0 saturated carbocycles.